The second-order valence-corrected chi connectivity index (χ2v) is 9.53. The van der Waals surface area contributed by atoms with Crippen molar-refractivity contribution < 1.29 is 9.53 Å². The van der Waals surface area contributed by atoms with Gasteiger partial charge in [0.15, 0.2) is 0 Å². The third-order valence-corrected chi connectivity index (χ3v) is 5.67. The van der Waals surface area contributed by atoms with Crippen molar-refractivity contribution in [2.24, 2.45) is 0 Å². The lowest BCUT2D eigenvalue weighted by Gasteiger charge is -2.28. The average molecular weight is 388 g/mol. The third-order valence-electron chi connectivity index (χ3n) is 5.67. The van der Waals surface area contributed by atoms with E-state index < -0.39 is 0 Å². The van der Waals surface area contributed by atoms with Gasteiger partial charge in [-0.3, -0.25) is 14.2 Å². The molecule has 0 spiro atoms. The fraction of sp³-hybridized carbons (Fsp3) is 0.667. The molecular weight excluding hydrogens is 354 g/mol. The molecule has 0 unspecified atom stereocenters. The van der Waals surface area contributed by atoms with Crippen LogP contribution in [0.15, 0.2) is 24.8 Å². The van der Waals surface area contributed by atoms with Gasteiger partial charge in [-0.1, -0.05) is 34.6 Å². The van der Waals surface area contributed by atoms with E-state index >= 15 is 0 Å². The highest BCUT2D eigenvalue weighted by Gasteiger charge is 2.27. The predicted molar refractivity (Wildman–Crippen MR) is 108 cm³/mol. The van der Waals surface area contributed by atoms with Gasteiger partial charge in [0.1, 0.15) is 6.54 Å². The smallest absolute Gasteiger partial charge is 0.244 e. The Bertz CT molecular complexity index is 811. The molecule has 7 nitrogen and oxygen atoms in total. The molecule has 28 heavy (non-hydrogen) atoms. The Hall–Kier alpha value is -2.15. The minimum absolute atomic E-state index is 0.0350. The number of hydrogen-bond acceptors (Lipinski definition) is 4. The number of hydrogen-bond donors (Lipinski definition) is 0. The highest BCUT2D eigenvalue weighted by molar-refractivity contribution is 5.75. The quantitative estimate of drug-likeness (QED) is 0.733. The first-order chi connectivity index (χ1) is 13.1. The molecule has 3 rings (SSSR count). The van der Waals surface area contributed by atoms with Gasteiger partial charge >= 0.3 is 0 Å². The SMILES string of the molecule is CN(CCC(C)(C)c1cnn(C2COC2)c1)C(=O)Cn1cc(C(C)(C)C)cn1. The molecule has 1 amide bonds. The van der Waals surface area contributed by atoms with E-state index in [1.807, 2.05) is 30.3 Å². The summed E-state index contributed by atoms with van der Waals surface area (Å²) in [6, 6.07) is 0.362. The van der Waals surface area contributed by atoms with Crippen LogP contribution >= 0.6 is 0 Å². The zero-order valence-electron chi connectivity index (χ0n) is 18.0. The molecule has 0 saturated carbocycles. The molecule has 1 aliphatic rings. The van der Waals surface area contributed by atoms with Crippen LogP contribution in [-0.4, -0.2) is 57.2 Å². The van der Waals surface area contributed by atoms with Crippen molar-refractivity contribution in [2.75, 3.05) is 26.8 Å². The first kappa shape index (κ1) is 20.6. The second kappa shape index (κ2) is 7.70. The van der Waals surface area contributed by atoms with Crippen LogP contribution in [0.5, 0.6) is 0 Å². The summed E-state index contributed by atoms with van der Waals surface area (Å²) in [6.45, 7) is 13.3. The van der Waals surface area contributed by atoms with E-state index in [1.165, 1.54) is 5.56 Å². The molecule has 2 aromatic rings. The van der Waals surface area contributed by atoms with Crippen molar-refractivity contribution in [3.63, 3.8) is 0 Å². The maximum Gasteiger partial charge on any atom is 0.244 e. The van der Waals surface area contributed by atoms with Crippen molar-refractivity contribution >= 4 is 5.91 Å². The number of rotatable bonds is 7. The minimum Gasteiger partial charge on any atom is -0.377 e. The van der Waals surface area contributed by atoms with Gasteiger partial charge in [-0.2, -0.15) is 10.2 Å². The van der Waals surface area contributed by atoms with E-state index in [2.05, 4.69) is 51.0 Å². The van der Waals surface area contributed by atoms with Gasteiger partial charge in [0.2, 0.25) is 5.91 Å². The van der Waals surface area contributed by atoms with E-state index in [1.54, 1.807) is 9.58 Å². The zero-order chi connectivity index (χ0) is 20.5. The monoisotopic (exact) mass is 387 g/mol. The molecule has 0 aromatic carbocycles. The van der Waals surface area contributed by atoms with Gasteiger partial charge in [0.05, 0.1) is 31.6 Å². The Balaban J connectivity index is 1.53. The highest BCUT2D eigenvalue weighted by atomic mass is 16.5. The second-order valence-electron chi connectivity index (χ2n) is 9.53. The van der Waals surface area contributed by atoms with Gasteiger partial charge in [0.25, 0.3) is 0 Å². The number of carbonyl (C=O) groups excluding carboxylic acids is 1. The zero-order valence-corrected chi connectivity index (χ0v) is 18.0. The molecule has 2 aromatic heterocycles. The molecule has 0 radical (unpaired) electrons. The number of ether oxygens (including phenoxy) is 1. The number of nitrogens with zero attached hydrogens (tertiary/aromatic N) is 5. The fourth-order valence-electron chi connectivity index (χ4n) is 3.08. The largest absolute Gasteiger partial charge is 0.377 e. The minimum atomic E-state index is -0.0531. The fourth-order valence-corrected chi connectivity index (χ4v) is 3.08. The van der Waals surface area contributed by atoms with Crippen molar-refractivity contribution in [1.29, 1.82) is 0 Å². The number of carbonyl (C=O) groups is 1. The molecule has 1 aliphatic heterocycles. The normalized spacial score (nSPS) is 15.5. The summed E-state index contributed by atoms with van der Waals surface area (Å²) in [5.41, 5.74) is 2.32. The standard InChI is InChI=1S/C21H33N5O2/c1-20(2,3)16-9-22-25(11-16)13-19(27)24(6)8-7-21(4,5)17-10-23-26(12-17)18-14-28-15-18/h9-12,18H,7-8,13-15H2,1-6H3. The molecule has 3 heterocycles. The predicted octanol–water partition coefficient (Wildman–Crippen LogP) is 2.77. The Kier molecular flexibility index (Phi) is 5.66. The van der Waals surface area contributed by atoms with E-state index in [4.69, 9.17) is 4.74 Å². The Morgan fingerprint density at radius 1 is 1.14 bits per heavy atom. The first-order valence-electron chi connectivity index (χ1n) is 9.95. The molecule has 0 N–H and O–H groups in total. The third kappa shape index (κ3) is 4.63. The molecule has 1 saturated heterocycles. The van der Waals surface area contributed by atoms with Crippen LogP contribution in [-0.2, 0) is 26.9 Å². The van der Waals surface area contributed by atoms with Crippen molar-refractivity contribution in [2.45, 2.75) is 64.5 Å². The van der Waals surface area contributed by atoms with Gasteiger partial charge in [-0.25, -0.2) is 0 Å². The van der Waals surface area contributed by atoms with Gasteiger partial charge in [-0.15, -0.1) is 0 Å². The number of likely N-dealkylation sites (N-methyl/N-ethyl adjacent to an activating group) is 1. The maximum atomic E-state index is 12.6. The topological polar surface area (TPSA) is 65.2 Å². The first-order valence-corrected chi connectivity index (χ1v) is 9.95. The summed E-state index contributed by atoms with van der Waals surface area (Å²) in [4.78, 5) is 14.4. The number of aromatic nitrogens is 4. The van der Waals surface area contributed by atoms with E-state index in [-0.39, 0.29) is 23.3 Å². The van der Waals surface area contributed by atoms with Crippen LogP contribution in [0.25, 0.3) is 0 Å². The Labute approximate surface area is 167 Å². The van der Waals surface area contributed by atoms with Crippen LogP contribution in [0, 0.1) is 0 Å². The summed E-state index contributed by atoms with van der Waals surface area (Å²) < 4.78 is 8.98. The van der Waals surface area contributed by atoms with Gasteiger partial charge < -0.3 is 9.64 Å². The van der Waals surface area contributed by atoms with Crippen molar-refractivity contribution in [1.82, 2.24) is 24.5 Å². The molecule has 0 bridgehead atoms. The summed E-state index contributed by atoms with van der Waals surface area (Å²) >= 11 is 0. The molecule has 0 aliphatic carbocycles. The van der Waals surface area contributed by atoms with Gasteiger partial charge in [-0.05, 0) is 28.4 Å². The lowest BCUT2D eigenvalue weighted by atomic mass is 9.83. The molecule has 1 fully saturated rings. The molecule has 154 valence electrons. The maximum absolute atomic E-state index is 12.6. The van der Waals surface area contributed by atoms with Crippen LogP contribution < -0.4 is 0 Å². The summed E-state index contributed by atoms with van der Waals surface area (Å²) in [7, 11) is 1.86. The van der Waals surface area contributed by atoms with Crippen LogP contribution in [0.1, 0.15) is 58.2 Å². The number of amides is 1. The van der Waals surface area contributed by atoms with Crippen molar-refractivity contribution in [3.8, 4) is 0 Å². The molecule has 7 heteroatoms. The van der Waals surface area contributed by atoms with Crippen LogP contribution in [0.2, 0.25) is 0 Å². The lowest BCUT2D eigenvalue weighted by Crippen LogP contribution is -2.34. The van der Waals surface area contributed by atoms with Crippen molar-refractivity contribution in [3.05, 3.63) is 35.9 Å². The summed E-state index contributed by atoms with van der Waals surface area (Å²) in [6.07, 6.45) is 8.74. The van der Waals surface area contributed by atoms with E-state index in [0.29, 0.717) is 12.6 Å². The van der Waals surface area contributed by atoms with E-state index in [0.717, 1.165) is 25.2 Å². The Morgan fingerprint density at radius 3 is 2.39 bits per heavy atom. The summed E-state index contributed by atoms with van der Waals surface area (Å²) in [5, 5.41) is 8.83. The highest BCUT2D eigenvalue weighted by Crippen LogP contribution is 2.28. The Morgan fingerprint density at radius 2 is 1.82 bits per heavy atom. The van der Waals surface area contributed by atoms with Crippen LogP contribution in [0.4, 0.5) is 0 Å². The lowest BCUT2D eigenvalue weighted by molar-refractivity contribution is -0.130. The van der Waals surface area contributed by atoms with Gasteiger partial charge in [0, 0.05) is 26.0 Å². The molecule has 0 atom stereocenters. The van der Waals surface area contributed by atoms with Crippen LogP contribution in [0.3, 0.4) is 0 Å². The van der Waals surface area contributed by atoms with E-state index in [9.17, 15) is 4.79 Å². The average Bonchev–Trinajstić information content (AvgIpc) is 3.20. The molecular formula is C21H33N5O2. The summed E-state index contributed by atoms with van der Waals surface area (Å²) in [5.74, 6) is 0.0710.